The molecule has 0 bridgehead atoms. The van der Waals surface area contributed by atoms with Gasteiger partial charge in [-0.15, -0.1) is 11.8 Å². The molecule has 0 aliphatic heterocycles. The average Bonchev–Trinajstić information content (AvgIpc) is 2.90. The molecule has 0 radical (unpaired) electrons. The van der Waals surface area contributed by atoms with Gasteiger partial charge in [0.2, 0.25) is 11.7 Å². The zero-order valence-electron chi connectivity index (χ0n) is 12.9. The zero-order chi connectivity index (χ0) is 17.9. The number of carbonyl (C=O) groups excluding carboxylic acids is 1. The first kappa shape index (κ1) is 18.1. The third-order valence-corrected chi connectivity index (χ3v) is 3.90. The fourth-order valence-corrected chi connectivity index (χ4v) is 2.48. The highest BCUT2D eigenvalue weighted by Gasteiger charge is 2.35. The van der Waals surface area contributed by atoms with Crippen molar-refractivity contribution in [2.45, 2.75) is 25.4 Å². The first-order chi connectivity index (χ1) is 11.2. The number of carbonyl (C=O) groups is 1. The smallest absolute Gasteiger partial charge is 0.369 e. The van der Waals surface area contributed by atoms with E-state index >= 15 is 0 Å². The van der Waals surface area contributed by atoms with Gasteiger partial charge in [0.05, 0.1) is 16.8 Å². The van der Waals surface area contributed by atoms with Crippen LogP contribution < -0.4 is 11.1 Å². The number of fused-ring (bicyclic) bond motifs is 1. The number of anilines is 1. The number of nitrogens with zero attached hydrogens (tertiary/aromatic N) is 2. The van der Waals surface area contributed by atoms with Gasteiger partial charge in [0.25, 0.3) is 0 Å². The van der Waals surface area contributed by atoms with Crippen LogP contribution in [0.5, 0.6) is 0 Å². The SMILES string of the molecule is CC(Nc1ccc2[nH]c(C(F)(F)F)nc2n1)S/C=C\C(C)C(N)=O. The van der Waals surface area contributed by atoms with Gasteiger partial charge in [-0.3, -0.25) is 4.79 Å². The highest BCUT2D eigenvalue weighted by Crippen LogP contribution is 2.28. The van der Waals surface area contributed by atoms with Crippen molar-refractivity contribution in [3.8, 4) is 0 Å². The maximum atomic E-state index is 12.6. The summed E-state index contributed by atoms with van der Waals surface area (Å²) < 4.78 is 37.9. The molecule has 130 valence electrons. The van der Waals surface area contributed by atoms with E-state index in [4.69, 9.17) is 5.73 Å². The van der Waals surface area contributed by atoms with E-state index in [1.807, 2.05) is 6.92 Å². The van der Waals surface area contributed by atoms with E-state index in [1.54, 1.807) is 24.5 Å². The number of hydrogen-bond donors (Lipinski definition) is 3. The molecule has 0 aliphatic rings. The number of pyridine rings is 1. The summed E-state index contributed by atoms with van der Waals surface area (Å²) in [5.74, 6) is -1.46. The molecule has 0 saturated heterocycles. The first-order valence-corrected chi connectivity index (χ1v) is 7.93. The predicted octanol–water partition coefficient (Wildman–Crippen LogP) is 3.10. The molecule has 2 heterocycles. The predicted molar refractivity (Wildman–Crippen MR) is 87.1 cm³/mol. The number of aromatic amines is 1. The van der Waals surface area contributed by atoms with Crippen molar-refractivity contribution >= 4 is 34.7 Å². The molecule has 0 saturated carbocycles. The number of H-pyrrole nitrogens is 1. The first-order valence-electron chi connectivity index (χ1n) is 6.98. The molecule has 0 spiro atoms. The Labute approximate surface area is 140 Å². The van der Waals surface area contributed by atoms with Gasteiger partial charge in [0, 0.05) is 0 Å². The summed E-state index contributed by atoms with van der Waals surface area (Å²) in [6.07, 6.45) is -2.87. The Bertz CT molecular complexity index is 758. The number of aromatic nitrogens is 3. The molecule has 2 unspecified atom stereocenters. The molecule has 2 aromatic heterocycles. The highest BCUT2D eigenvalue weighted by atomic mass is 32.2. The summed E-state index contributed by atoms with van der Waals surface area (Å²) in [6, 6.07) is 3.04. The van der Waals surface area contributed by atoms with Crippen LogP contribution in [-0.2, 0) is 11.0 Å². The van der Waals surface area contributed by atoms with Crippen molar-refractivity contribution in [1.29, 1.82) is 0 Å². The fourth-order valence-electron chi connectivity index (χ4n) is 1.73. The van der Waals surface area contributed by atoms with E-state index in [2.05, 4.69) is 20.3 Å². The number of alkyl halides is 3. The van der Waals surface area contributed by atoms with Crippen LogP contribution in [0.3, 0.4) is 0 Å². The van der Waals surface area contributed by atoms with Crippen LogP contribution in [0.15, 0.2) is 23.6 Å². The van der Waals surface area contributed by atoms with Gasteiger partial charge in [-0.2, -0.15) is 13.2 Å². The van der Waals surface area contributed by atoms with Crippen molar-refractivity contribution < 1.29 is 18.0 Å². The lowest BCUT2D eigenvalue weighted by molar-refractivity contribution is -0.144. The molecule has 0 aromatic carbocycles. The third-order valence-electron chi connectivity index (χ3n) is 3.06. The van der Waals surface area contributed by atoms with Gasteiger partial charge in [0.15, 0.2) is 5.65 Å². The lowest BCUT2D eigenvalue weighted by Crippen LogP contribution is -2.18. The number of nitrogens with one attached hydrogen (secondary N) is 2. The maximum absolute atomic E-state index is 12.6. The minimum absolute atomic E-state index is 0.0117. The zero-order valence-corrected chi connectivity index (χ0v) is 13.7. The van der Waals surface area contributed by atoms with E-state index in [-0.39, 0.29) is 22.5 Å². The maximum Gasteiger partial charge on any atom is 0.449 e. The van der Waals surface area contributed by atoms with Gasteiger partial charge in [-0.05, 0) is 24.5 Å². The van der Waals surface area contributed by atoms with E-state index in [1.165, 1.54) is 17.8 Å². The molecular weight excluding hydrogens is 343 g/mol. The standard InChI is InChI=1S/C14H16F3N5OS/c1-7(11(18)23)5-6-24-8(2)19-10-4-3-9-12(21-10)22-13(20-9)14(15,16)17/h3-8H,1-2H3,(H2,18,23)(H2,19,20,21,22)/b6-5-. The molecule has 2 aromatic rings. The number of imidazole rings is 1. The van der Waals surface area contributed by atoms with E-state index in [0.29, 0.717) is 5.82 Å². The number of thioether (sulfide) groups is 1. The second-order valence-corrected chi connectivity index (χ2v) is 6.34. The van der Waals surface area contributed by atoms with Gasteiger partial charge < -0.3 is 16.0 Å². The highest BCUT2D eigenvalue weighted by molar-refractivity contribution is 8.02. The van der Waals surface area contributed by atoms with Crippen molar-refractivity contribution in [2.24, 2.45) is 11.7 Å². The summed E-state index contributed by atoms with van der Waals surface area (Å²) in [5, 5.41) is 4.65. The number of halogens is 3. The lowest BCUT2D eigenvalue weighted by Gasteiger charge is -2.11. The van der Waals surface area contributed by atoms with Gasteiger partial charge in [0.1, 0.15) is 5.82 Å². The summed E-state index contributed by atoms with van der Waals surface area (Å²) in [5.41, 5.74) is 5.35. The van der Waals surface area contributed by atoms with Crippen LogP contribution in [0.25, 0.3) is 11.2 Å². The summed E-state index contributed by atoms with van der Waals surface area (Å²) in [4.78, 5) is 20.6. The number of primary amides is 1. The average molecular weight is 359 g/mol. The Kier molecular flexibility index (Phi) is 5.37. The molecule has 2 atom stereocenters. The van der Waals surface area contributed by atoms with Crippen molar-refractivity contribution in [2.75, 3.05) is 5.32 Å². The molecule has 2 rings (SSSR count). The Morgan fingerprint density at radius 3 is 2.71 bits per heavy atom. The minimum Gasteiger partial charge on any atom is -0.369 e. The van der Waals surface area contributed by atoms with E-state index in [9.17, 15) is 18.0 Å². The monoisotopic (exact) mass is 359 g/mol. The normalized spacial score (nSPS) is 14.9. The Balaban J connectivity index is 2.03. The van der Waals surface area contributed by atoms with Crippen LogP contribution in [0.2, 0.25) is 0 Å². The number of hydrogen-bond acceptors (Lipinski definition) is 5. The quantitative estimate of drug-likeness (QED) is 0.689. The van der Waals surface area contributed by atoms with E-state index in [0.717, 1.165) is 0 Å². The van der Waals surface area contributed by atoms with Crippen molar-refractivity contribution in [3.05, 3.63) is 29.4 Å². The molecule has 24 heavy (non-hydrogen) atoms. The molecule has 0 aliphatic carbocycles. The summed E-state index contributed by atoms with van der Waals surface area (Å²) in [7, 11) is 0. The van der Waals surface area contributed by atoms with Crippen molar-refractivity contribution in [3.63, 3.8) is 0 Å². The van der Waals surface area contributed by atoms with Gasteiger partial charge >= 0.3 is 6.18 Å². The molecular formula is C14H16F3N5OS. The third kappa shape index (κ3) is 4.63. The number of rotatable bonds is 6. The number of amides is 1. The van der Waals surface area contributed by atoms with Crippen LogP contribution in [0, 0.1) is 5.92 Å². The largest absolute Gasteiger partial charge is 0.449 e. The second kappa shape index (κ2) is 7.12. The Morgan fingerprint density at radius 1 is 1.38 bits per heavy atom. The van der Waals surface area contributed by atoms with E-state index < -0.39 is 17.9 Å². The molecule has 6 nitrogen and oxygen atoms in total. The minimum atomic E-state index is -4.54. The fraction of sp³-hybridized carbons (Fsp3) is 0.357. The number of nitrogens with two attached hydrogens (primary N) is 1. The molecule has 1 amide bonds. The lowest BCUT2D eigenvalue weighted by atomic mass is 10.2. The van der Waals surface area contributed by atoms with Crippen LogP contribution in [-0.4, -0.2) is 26.2 Å². The van der Waals surface area contributed by atoms with Crippen LogP contribution in [0.1, 0.15) is 19.7 Å². The molecule has 0 fully saturated rings. The summed E-state index contributed by atoms with van der Waals surface area (Å²) in [6.45, 7) is 3.53. The molecule has 4 N–H and O–H groups in total. The van der Waals surface area contributed by atoms with Gasteiger partial charge in [-0.25, -0.2) is 9.97 Å². The van der Waals surface area contributed by atoms with Gasteiger partial charge in [-0.1, -0.05) is 13.0 Å². The molecule has 10 heteroatoms. The van der Waals surface area contributed by atoms with Crippen molar-refractivity contribution in [1.82, 2.24) is 15.0 Å². The Hall–Kier alpha value is -2.23. The topological polar surface area (TPSA) is 96.7 Å². The van der Waals surface area contributed by atoms with Crippen LogP contribution >= 0.6 is 11.8 Å². The summed E-state index contributed by atoms with van der Waals surface area (Å²) >= 11 is 1.38. The van der Waals surface area contributed by atoms with Crippen LogP contribution in [0.4, 0.5) is 19.0 Å². The Morgan fingerprint density at radius 2 is 2.08 bits per heavy atom. The second-order valence-electron chi connectivity index (χ2n) is 5.09.